The van der Waals surface area contributed by atoms with E-state index in [0.717, 1.165) is 25.3 Å². The Kier molecular flexibility index (Phi) is 3.65. The summed E-state index contributed by atoms with van der Waals surface area (Å²) in [6, 6.07) is 2.19. The van der Waals surface area contributed by atoms with Crippen molar-refractivity contribution in [1.29, 1.82) is 0 Å². The monoisotopic (exact) mass is 260 g/mol. The van der Waals surface area contributed by atoms with Crippen molar-refractivity contribution < 1.29 is 4.74 Å². The van der Waals surface area contributed by atoms with Crippen LogP contribution in [0.2, 0.25) is 0 Å². The zero-order valence-electron chi connectivity index (χ0n) is 12.1. The highest BCUT2D eigenvalue weighted by atomic mass is 16.5. The highest BCUT2D eigenvalue weighted by molar-refractivity contribution is 5.67. The van der Waals surface area contributed by atoms with Crippen LogP contribution >= 0.6 is 0 Å². The second kappa shape index (κ2) is 5.41. The minimum absolute atomic E-state index is 1.05. The average Bonchev–Trinajstić information content (AvgIpc) is 2.93. The first-order valence-corrected chi connectivity index (χ1v) is 7.45. The van der Waals surface area contributed by atoms with Gasteiger partial charge in [-0.2, -0.15) is 0 Å². The van der Waals surface area contributed by atoms with E-state index in [2.05, 4.69) is 23.2 Å². The Morgan fingerprint density at radius 2 is 2.05 bits per heavy atom. The summed E-state index contributed by atoms with van der Waals surface area (Å²) in [4.78, 5) is 2.58. The number of benzene rings is 1. The number of hydrogen-bond acceptors (Lipinski definition) is 3. The maximum absolute atomic E-state index is 5.64. The molecular formula is C16H24N2O. The summed E-state index contributed by atoms with van der Waals surface area (Å²) in [6.45, 7) is 6.76. The van der Waals surface area contributed by atoms with Gasteiger partial charge in [-0.25, -0.2) is 0 Å². The van der Waals surface area contributed by atoms with Crippen LogP contribution in [0.4, 0.5) is 5.69 Å². The Labute approximate surface area is 115 Å². The highest BCUT2D eigenvalue weighted by Gasteiger charge is 2.22. The van der Waals surface area contributed by atoms with E-state index in [0.29, 0.717) is 0 Å². The highest BCUT2D eigenvalue weighted by Crippen LogP contribution is 2.36. The second-order valence-electron chi connectivity index (χ2n) is 5.74. The molecule has 1 N–H and O–H groups in total. The number of rotatable bonds is 3. The van der Waals surface area contributed by atoms with Crippen molar-refractivity contribution in [3.8, 4) is 5.75 Å². The van der Waals surface area contributed by atoms with E-state index in [1.165, 1.54) is 54.7 Å². The Bertz CT molecular complexity index is 464. The van der Waals surface area contributed by atoms with Crippen molar-refractivity contribution in [3.63, 3.8) is 0 Å². The van der Waals surface area contributed by atoms with Gasteiger partial charge in [-0.05, 0) is 56.5 Å². The average molecular weight is 260 g/mol. The van der Waals surface area contributed by atoms with Gasteiger partial charge in [0.25, 0.3) is 0 Å². The van der Waals surface area contributed by atoms with Gasteiger partial charge in [0, 0.05) is 24.3 Å². The van der Waals surface area contributed by atoms with Crippen LogP contribution in [0, 0.1) is 6.92 Å². The van der Waals surface area contributed by atoms with E-state index in [1.54, 1.807) is 7.11 Å². The Morgan fingerprint density at radius 3 is 2.79 bits per heavy atom. The first-order valence-electron chi connectivity index (χ1n) is 7.45. The van der Waals surface area contributed by atoms with Crippen LogP contribution < -0.4 is 10.1 Å². The number of anilines is 1. The zero-order chi connectivity index (χ0) is 13.2. The molecule has 0 amide bonds. The molecule has 0 atom stereocenters. The van der Waals surface area contributed by atoms with E-state index in [1.807, 2.05) is 0 Å². The van der Waals surface area contributed by atoms with Crippen molar-refractivity contribution in [1.82, 2.24) is 4.90 Å². The van der Waals surface area contributed by atoms with Gasteiger partial charge in [0.05, 0.1) is 7.11 Å². The van der Waals surface area contributed by atoms with Gasteiger partial charge < -0.3 is 10.1 Å². The topological polar surface area (TPSA) is 24.5 Å². The van der Waals surface area contributed by atoms with Crippen molar-refractivity contribution in [2.75, 3.05) is 32.1 Å². The van der Waals surface area contributed by atoms with Crippen LogP contribution in [-0.4, -0.2) is 31.6 Å². The fraction of sp³-hybridized carbons (Fsp3) is 0.625. The molecule has 2 aliphatic heterocycles. The number of fused-ring (bicyclic) bond motifs is 1. The van der Waals surface area contributed by atoms with Crippen LogP contribution in [0.25, 0.3) is 0 Å². The van der Waals surface area contributed by atoms with Gasteiger partial charge in [0.2, 0.25) is 0 Å². The third-order valence-electron chi connectivity index (χ3n) is 4.43. The number of nitrogens with zero attached hydrogens (tertiary/aromatic N) is 1. The summed E-state index contributed by atoms with van der Waals surface area (Å²) in [5.41, 5.74) is 5.57. The summed E-state index contributed by atoms with van der Waals surface area (Å²) >= 11 is 0. The molecule has 0 bridgehead atoms. The molecule has 19 heavy (non-hydrogen) atoms. The van der Waals surface area contributed by atoms with Crippen LogP contribution in [0.15, 0.2) is 6.07 Å². The van der Waals surface area contributed by atoms with Gasteiger partial charge >= 0.3 is 0 Å². The Morgan fingerprint density at radius 1 is 1.26 bits per heavy atom. The third-order valence-corrected chi connectivity index (χ3v) is 4.43. The van der Waals surface area contributed by atoms with Crippen LogP contribution in [-0.2, 0) is 13.0 Å². The van der Waals surface area contributed by atoms with E-state index in [4.69, 9.17) is 4.74 Å². The zero-order valence-corrected chi connectivity index (χ0v) is 12.1. The molecule has 0 aliphatic carbocycles. The Hall–Kier alpha value is -1.22. The number of ether oxygens (including phenoxy) is 1. The van der Waals surface area contributed by atoms with E-state index in [-0.39, 0.29) is 0 Å². The maximum Gasteiger partial charge on any atom is 0.124 e. The minimum atomic E-state index is 1.05. The predicted molar refractivity (Wildman–Crippen MR) is 79.1 cm³/mol. The number of nitrogens with one attached hydrogen (secondary N) is 1. The molecular weight excluding hydrogens is 236 g/mol. The summed E-state index contributed by atoms with van der Waals surface area (Å²) in [5, 5.41) is 3.52. The van der Waals surface area contributed by atoms with Crippen molar-refractivity contribution >= 4 is 5.69 Å². The van der Waals surface area contributed by atoms with Crippen LogP contribution in [0.5, 0.6) is 5.75 Å². The van der Waals surface area contributed by atoms with Gasteiger partial charge in [0.15, 0.2) is 0 Å². The largest absolute Gasteiger partial charge is 0.496 e. The lowest BCUT2D eigenvalue weighted by Gasteiger charge is -2.28. The number of aryl methyl sites for hydroxylation is 1. The van der Waals surface area contributed by atoms with E-state index >= 15 is 0 Å². The van der Waals surface area contributed by atoms with Crippen molar-refractivity contribution in [2.24, 2.45) is 0 Å². The van der Waals surface area contributed by atoms with Gasteiger partial charge in [-0.1, -0.05) is 6.42 Å². The smallest absolute Gasteiger partial charge is 0.124 e. The SMILES string of the molecule is COc1cc(C)c2c(c1CN1CCCCC1)CCN2. The fourth-order valence-electron chi connectivity index (χ4n) is 3.42. The quantitative estimate of drug-likeness (QED) is 0.904. The molecule has 0 unspecified atom stereocenters. The standard InChI is InChI=1S/C16H24N2O/c1-12-10-15(19-2)14(13-6-7-17-16(12)13)11-18-8-4-3-5-9-18/h10,17H,3-9,11H2,1-2H3. The second-order valence-corrected chi connectivity index (χ2v) is 5.74. The predicted octanol–water partition coefficient (Wildman–Crippen LogP) is 2.96. The number of hydrogen-bond donors (Lipinski definition) is 1. The number of likely N-dealkylation sites (tertiary alicyclic amines) is 1. The first-order chi connectivity index (χ1) is 9.29. The maximum atomic E-state index is 5.64. The summed E-state index contributed by atoms with van der Waals surface area (Å²) in [6.07, 6.45) is 5.21. The summed E-state index contributed by atoms with van der Waals surface area (Å²) in [5.74, 6) is 1.07. The number of piperidine rings is 1. The molecule has 2 aliphatic rings. The fourth-order valence-corrected chi connectivity index (χ4v) is 3.42. The lowest BCUT2D eigenvalue weighted by Crippen LogP contribution is -2.29. The van der Waals surface area contributed by atoms with Gasteiger partial charge in [-0.3, -0.25) is 4.90 Å². The lowest BCUT2D eigenvalue weighted by atomic mass is 9.99. The Balaban J connectivity index is 1.92. The molecule has 1 saturated heterocycles. The molecule has 3 heteroatoms. The molecule has 3 nitrogen and oxygen atoms in total. The van der Waals surface area contributed by atoms with Crippen molar-refractivity contribution in [2.45, 2.75) is 39.2 Å². The molecule has 0 saturated carbocycles. The molecule has 0 radical (unpaired) electrons. The number of methoxy groups -OCH3 is 1. The molecule has 1 fully saturated rings. The molecule has 2 heterocycles. The van der Waals surface area contributed by atoms with Crippen LogP contribution in [0.1, 0.15) is 36.0 Å². The molecule has 1 aromatic rings. The normalized spacial score (nSPS) is 19.1. The van der Waals surface area contributed by atoms with Crippen LogP contribution in [0.3, 0.4) is 0 Å². The minimum Gasteiger partial charge on any atom is -0.496 e. The van der Waals surface area contributed by atoms with E-state index < -0.39 is 0 Å². The summed E-state index contributed by atoms with van der Waals surface area (Å²) < 4.78 is 5.64. The first kappa shape index (κ1) is 12.8. The lowest BCUT2D eigenvalue weighted by molar-refractivity contribution is 0.217. The summed E-state index contributed by atoms with van der Waals surface area (Å²) in [7, 11) is 1.79. The molecule has 1 aromatic carbocycles. The third kappa shape index (κ3) is 2.44. The van der Waals surface area contributed by atoms with E-state index in [9.17, 15) is 0 Å². The van der Waals surface area contributed by atoms with Crippen molar-refractivity contribution in [3.05, 3.63) is 22.8 Å². The molecule has 0 aromatic heterocycles. The van der Waals surface area contributed by atoms with Gasteiger partial charge in [-0.15, -0.1) is 0 Å². The molecule has 104 valence electrons. The molecule has 0 spiro atoms. The van der Waals surface area contributed by atoms with Gasteiger partial charge in [0.1, 0.15) is 5.75 Å². The molecule has 3 rings (SSSR count).